The second kappa shape index (κ2) is 12.9. The van der Waals surface area contributed by atoms with Crippen LogP contribution in [0.5, 0.6) is 17.2 Å². The smallest absolute Gasteiger partial charge is 0.261 e. The number of fused-ring (bicyclic) bond motifs is 1. The number of hydrogen-bond acceptors (Lipinski definition) is 8. The Morgan fingerprint density at radius 1 is 1.20 bits per heavy atom. The largest absolute Gasteiger partial charge is 0.507 e. The first kappa shape index (κ1) is 28.3. The molecule has 2 aliphatic rings. The fourth-order valence-electron chi connectivity index (χ4n) is 5.13. The Hall–Kier alpha value is -4.26. The van der Waals surface area contributed by atoms with Crippen molar-refractivity contribution in [3.8, 4) is 23.3 Å². The molecule has 0 spiro atoms. The average molecular weight is 557 g/mol. The van der Waals surface area contributed by atoms with Gasteiger partial charge in [-0.2, -0.15) is 5.26 Å². The number of amides is 1. The number of hydrogen-bond donors (Lipinski definition) is 2. The first-order valence-electron chi connectivity index (χ1n) is 13.9. The molecule has 5 rings (SSSR count). The molecule has 41 heavy (non-hydrogen) atoms. The Labute approximate surface area is 240 Å². The number of carbonyl (C=O) groups is 1. The predicted octanol–water partition coefficient (Wildman–Crippen LogP) is 4.18. The van der Waals surface area contributed by atoms with Gasteiger partial charge in [-0.05, 0) is 61.8 Å². The van der Waals surface area contributed by atoms with E-state index in [1.54, 1.807) is 4.90 Å². The zero-order chi connectivity index (χ0) is 28.8. The van der Waals surface area contributed by atoms with E-state index < -0.39 is 0 Å². The van der Waals surface area contributed by atoms with Crippen molar-refractivity contribution in [2.75, 3.05) is 52.3 Å². The third-order valence-electron chi connectivity index (χ3n) is 7.36. The van der Waals surface area contributed by atoms with Gasteiger partial charge in [0, 0.05) is 38.0 Å². The van der Waals surface area contributed by atoms with Gasteiger partial charge in [0.2, 0.25) is 0 Å². The number of carbonyl (C=O) groups excluding carboxylic acids is 1. The summed E-state index contributed by atoms with van der Waals surface area (Å²) in [7, 11) is 4.03. The van der Waals surface area contributed by atoms with Crippen LogP contribution in [0.2, 0.25) is 0 Å². The van der Waals surface area contributed by atoms with Gasteiger partial charge in [0.15, 0.2) is 0 Å². The molecule has 1 amide bonds. The van der Waals surface area contributed by atoms with Crippen molar-refractivity contribution >= 4 is 11.6 Å². The lowest BCUT2D eigenvalue weighted by atomic mass is 9.96. The van der Waals surface area contributed by atoms with Crippen LogP contribution in [-0.4, -0.2) is 73.9 Å². The van der Waals surface area contributed by atoms with Gasteiger partial charge in [-0.1, -0.05) is 30.3 Å². The van der Waals surface area contributed by atoms with Gasteiger partial charge in [0.1, 0.15) is 36.0 Å². The van der Waals surface area contributed by atoms with Crippen LogP contribution in [0, 0.1) is 11.3 Å². The van der Waals surface area contributed by atoms with Gasteiger partial charge in [-0.3, -0.25) is 4.79 Å². The van der Waals surface area contributed by atoms with Crippen LogP contribution in [0.4, 0.5) is 5.69 Å². The summed E-state index contributed by atoms with van der Waals surface area (Å²) in [6.45, 7) is 3.76. The highest BCUT2D eigenvalue weighted by Crippen LogP contribution is 2.36. The second-order valence-electron chi connectivity index (χ2n) is 10.7. The molecule has 9 nitrogen and oxygen atoms in total. The first-order chi connectivity index (χ1) is 19.9. The van der Waals surface area contributed by atoms with Crippen molar-refractivity contribution < 1.29 is 24.1 Å². The molecule has 0 radical (unpaired) electrons. The fourth-order valence-corrected chi connectivity index (χ4v) is 5.13. The van der Waals surface area contributed by atoms with Crippen molar-refractivity contribution in [3.05, 3.63) is 82.4 Å². The topological polar surface area (TPSA) is 107 Å². The third-order valence-corrected chi connectivity index (χ3v) is 7.36. The molecular weight excluding hydrogens is 520 g/mol. The van der Waals surface area contributed by atoms with E-state index in [-0.39, 0.29) is 41.2 Å². The zero-order valence-electron chi connectivity index (χ0n) is 23.6. The summed E-state index contributed by atoms with van der Waals surface area (Å²) in [5.41, 5.74) is 4.28. The van der Waals surface area contributed by atoms with E-state index in [1.165, 1.54) is 12.1 Å². The molecule has 3 aromatic carbocycles. The number of rotatable bonds is 10. The first-order valence-corrected chi connectivity index (χ1v) is 13.9. The average Bonchev–Trinajstić information content (AvgIpc) is 3.49. The summed E-state index contributed by atoms with van der Waals surface area (Å²) in [6, 6.07) is 18.7. The molecule has 1 atom stereocenters. The Kier molecular flexibility index (Phi) is 8.92. The molecule has 1 fully saturated rings. The van der Waals surface area contributed by atoms with Crippen molar-refractivity contribution in [2.24, 2.45) is 0 Å². The summed E-state index contributed by atoms with van der Waals surface area (Å²) in [4.78, 5) is 17.7. The van der Waals surface area contributed by atoms with Crippen LogP contribution in [0.15, 0.2) is 54.6 Å². The van der Waals surface area contributed by atoms with E-state index in [9.17, 15) is 15.2 Å². The van der Waals surface area contributed by atoms with Crippen LogP contribution in [0.1, 0.15) is 39.0 Å². The summed E-state index contributed by atoms with van der Waals surface area (Å²) in [5, 5.41) is 24.0. The molecular formula is C32H36N4O5. The maximum absolute atomic E-state index is 13.9. The lowest BCUT2D eigenvalue weighted by Gasteiger charge is -2.32. The highest BCUT2D eigenvalue weighted by Gasteiger charge is 2.30. The van der Waals surface area contributed by atoms with Crippen molar-refractivity contribution in [1.29, 1.82) is 5.26 Å². The standard InChI is InChI=1S/C32H36N4O5/c1-35(2)11-13-40-26-16-24-8-10-36(19-27(24)28(17-26)34-25-9-12-39-21-25)32(38)31-29(37)14-23(18-33)15-30(31)41-20-22-6-4-3-5-7-22/h3-7,14-17,25,34,37H,8-13,19-21H2,1-2H3/t25-/m0/s1. The molecule has 3 aromatic rings. The molecule has 2 N–H and O–H groups in total. The van der Waals surface area contributed by atoms with Crippen LogP contribution >= 0.6 is 0 Å². The summed E-state index contributed by atoms with van der Waals surface area (Å²) < 4.78 is 17.7. The number of phenols is 1. The van der Waals surface area contributed by atoms with Gasteiger partial charge >= 0.3 is 0 Å². The Balaban J connectivity index is 1.41. The Morgan fingerprint density at radius 2 is 2.02 bits per heavy atom. The number of ether oxygens (including phenoxy) is 3. The van der Waals surface area contributed by atoms with Crippen molar-refractivity contribution in [1.82, 2.24) is 9.80 Å². The molecule has 2 aliphatic heterocycles. The van der Waals surface area contributed by atoms with Gasteiger partial charge < -0.3 is 34.4 Å². The Bertz CT molecular complexity index is 1410. The van der Waals surface area contributed by atoms with Crippen LogP contribution in [0.3, 0.4) is 0 Å². The second-order valence-corrected chi connectivity index (χ2v) is 10.7. The quantitative estimate of drug-likeness (QED) is 0.383. The Morgan fingerprint density at radius 3 is 2.76 bits per heavy atom. The van der Waals surface area contributed by atoms with E-state index in [1.807, 2.05) is 56.6 Å². The van der Waals surface area contributed by atoms with Gasteiger partial charge in [-0.15, -0.1) is 0 Å². The van der Waals surface area contributed by atoms with E-state index in [4.69, 9.17) is 14.2 Å². The monoisotopic (exact) mass is 556 g/mol. The molecule has 0 bridgehead atoms. The third kappa shape index (κ3) is 6.91. The predicted molar refractivity (Wildman–Crippen MR) is 155 cm³/mol. The summed E-state index contributed by atoms with van der Waals surface area (Å²) >= 11 is 0. The summed E-state index contributed by atoms with van der Waals surface area (Å²) in [6.07, 6.45) is 1.55. The van der Waals surface area contributed by atoms with Gasteiger partial charge in [0.25, 0.3) is 5.91 Å². The maximum Gasteiger partial charge on any atom is 0.261 e. The van der Waals surface area contributed by atoms with Crippen LogP contribution in [-0.2, 0) is 24.3 Å². The molecule has 0 aromatic heterocycles. The number of phenolic OH excluding ortho intramolecular Hbond substituents is 1. The van der Waals surface area contributed by atoms with E-state index in [0.717, 1.165) is 41.1 Å². The van der Waals surface area contributed by atoms with Crippen LogP contribution < -0.4 is 14.8 Å². The lowest BCUT2D eigenvalue weighted by Crippen LogP contribution is -2.37. The molecule has 9 heteroatoms. The number of nitrogens with one attached hydrogen (secondary N) is 1. The highest BCUT2D eigenvalue weighted by atomic mass is 16.5. The van der Waals surface area contributed by atoms with E-state index in [2.05, 4.69) is 16.3 Å². The van der Waals surface area contributed by atoms with E-state index >= 15 is 0 Å². The molecule has 0 saturated carbocycles. The molecule has 0 unspecified atom stereocenters. The lowest BCUT2D eigenvalue weighted by molar-refractivity contribution is 0.0726. The fraction of sp³-hybridized carbons (Fsp3) is 0.375. The van der Waals surface area contributed by atoms with Gasteiger partial charge in [0.05, 0.1) is 24.3 Å². The highest BCUT2D eigenvalue weighted by molar-refractivity contribution is 6.00. The number of nitrogens with zero attached hydrogens (tertiary/aromatic N) is 3. The van der Waals surface area contributed by atoms with Crippen LogP contribution in [0.25, 0.3) is 0 Å². The number of benzene rings is 3. The maximum atomic E-state index is 13.9. The molecule has 214 valence electrons. The van der Waals surface area contributed by atoms with Gasteiger partial charge in [-0.25, -0.2) is 0 Å². The minimum atomic E-state index is -0.345. The minimum Gasteiger partial charge on any atom is -0.507 e. The number of anilines is 1. The van der Waals surface area contributed by atoms with Crippen molar-refractivity contribution in [3.63, 3.8) is 0 Å². The molecule has 2 heterocycles. The normalized spacial score (nSPS) is 16.2. The number of aromatic hydroxyl groups is 1. The zero-order valence-corrected chi connectivity index (χ0v) is 23.6. The summed E-state index contributed by atoms with van der Waals surface area (Å²) in [5.74, 6) is 0.372. The minimum absolute atomic E-state index is 0.0609. The SMILES string of the molecule is CN(C)CCOc1cc2c(c(N[C@H]3CCOC3)c1)CN(C(=O)c1c(O)cc(C#N)cc1OCc1ccccc1)CC2. The number of likely N-dealkylation sites (N-methyl/N-ethyl adjacent to an activating group) is 1. The number of nitriles is 1. The molecule has 1 saturated heterocycles. The van der Waals surface area contributed by atoms with Crippen molar-refractivity contribution in [2.45, 2.75) is 32.0 Å². The molecule has 0 aliphatic carbocycles. The van der Waals surface area contributed by atoms with E-state index in [0.29, 0.717) is 39.3 Å².